The summed E-state index contributed by atoms with van der Waals surface area (Å²) in [6, 6.07) is 7.58. The summed E-state index contributed by atoms with van der Waals surface area (Å²) in [4.78, 5) is 7.99. The molecule has 0 aliphatic rings. The Labute approximate surface area is 144 Å². The van der Waals surface area contributed by atoms with Crippen molar-refractivity contribution in [2.24, 2.45) is 0 Å². The summed E-state index contributed by atoms with van der Waals surface area (Å²) >= 11 is 12.0. The third-order valence-corrected chi connectivity index (χ3v) is 4.07. The molecular weight excluding hydrogens is 335 g/mol. The van der Waals surface area contributed by atoms with Crippen LogP contribution in [0.2, 0.25) is 10.2 Å². The fraction of sp³-hybridized carbons (Fsp3) is 0.250. The van der Waals surface area contributed by atoms with Crippen LogP contribution in [0, 0.1) is 6.92 Å². The van der Waals surface area contributed by atoms with E-state index in [2.05, 4.69) is 32.8 Å². The third-order valence-electron chi connectivity index (χ3n) is 3.65. The number of anilines is 1. The van der Waals surface area contributed by atoms with Gasteiger partial charge in [-0.05, 0) is 25.1 Å². The Morgan fingerprint density at radius 3 is 2.74 bits per heavy atom. The van der Waals surface area contributed by atoms with Crippen molar-refractivity contribution in [3.63, 3.8) is 0 Å². The van der Waals surface area contributed by atoms with Crippen molar-refractivity contribution < 1.29 is 4.74 Å². The molecule has 0 fully saturated rings. The van der Waals surface area contributed by atoms with Crippen molar-refractivity contribution in [2.45, 2.75) is 13.5 Å². The summed E-state index contributed by atoms with van der Waals surface area (Å²) in [7, 11) is 1.65. The zero-order chi connectivity index (χ0) is 16.4. The molecule has 120 valence electrons. The number of rotatable bonds is 5. The second-order valence-electron chi connectivity index (χ2n) is 5.13. The SMILES string of the molecule is COc1cc(Cl)cc2c1cc(C)n2CCNc1cc(Cl)ncn1. The maximum Gasteiger partial charge on any atom is 0.134 e. The molecule has 0 bridgehead atoms. The molecule has 0 saturated heterocycles. The molecule has 23 heavy (non-hydrogen) atoms. The maximum atomic E-state index is 6.19. The van der Waals surface area contributed by atoms with E-state index >= 15 is 0 Å². The first-order valence-corrected chi connectivity index (χ1v) is 7.89. The number of fused-ring (bicyclic) bond motifs is 1. The number of hydrogen-bond acceptors (Lipinski definition) is 4. The van der Waals surface area contributed by atoms with Crippen LogP contribution in [0.1, 0.15) is 5.69 Å². The fourth-order valence-electron chi connectivity index (χ4n) is 2.62. The van der Waals surface area contributed by atoms with Crippen LogP contribution < -0.4 is 10.1 Å². The summed E-state index contributed by atoms with van der Waals surface area (Å²) in [6.45, 7) is 3.53. The highest BCUT2D eigenvalue weighted by Crippen LogP contribution is 2.32. The molecule has 0 aliphatic heterocycles. The van der Waals surface area contributed by atoms with Crippen molar-refractivity contribution in [1.82, 2.24) is 14.5 Å². The Hall–Kier alpha value is -1.98. The molecule has 1 aromatic carbocycles. The number of nitrogens with one attached hydrogen (secondary N) is 1. The van der Waals surface area contributed by atoms with Gasteiger partial charge in [-0.2, -0.15) is 0 Å². The first-order valence-electron chi connectivity index (χ1n) is 7.13. The second-order valence-corrected chi connectivity index (χ2v) is 5.95. The lowest BCUT2D eigenvalue weighted by Gasteiger charge is -2.11. The van der Waals surface area contributed by atoms with E-state index in [-0.39, 0.29) is 0 Å². The van der Waals surface area contributed by atoms with Crippen LogP contribution in [0.3, 0.4) is 0 Å². The van der Waals surface area contributed by atoms with Crippen molar-refractivity contribution in [3.05, 3.63) is 46.5 Å². The normalized spacial score (nSPS) is 11.0. The van der Waals surface area contributed by atoms with E-state index in [4.69, 9.17) is 27.9 Å². The number of nitrogens with zero attached hydrogens (tertiary/aromatic N) is 3. The van der Waals surface area contributed by atoms with Gasteiger partial charge in [-0.1, -0.05) is 23.2 Å². The van der Waals surface area contributed by atoms with Gasteiger partial charge in [-0.15, -0.1) is 0 Å². The zero-order valence-electron chi connectivity index (χ0n) is 12.8. The van der Waals surface area contributed by atoms with Crippen molar-refractivity contribution in [1.29, 1.82) is 0 Å². The number of methoxy groups -OCH3 is 1. The Morgan fingerprint density at radius 2 is 2.00 bits per heavy atom. The molecule has 3 rings (SSSR count). The number of benzene rings is 1. The van der Waals surface area contributed by atoms with Gasteiger partial charge in [0, 0.05) is 35.3 Å². The Kier molecular flexibility index (Phi) is 4.59. The Balaban J connectivity index is 1.82. The highest BCUT2D eigenvalue weighted by Gasteiger charge is 2.11. The van der Waals surface area contributed by atoms with Crippen LogP contribution in [-0.2, 0) is 6.54 Å². The monoisotopic (exact) mass is 350 g/mol. The minimum Gasteiger partial charge on any atom is -0.496 e. The predicted octanol–water partition coefficient (Wildman–Crippen LogP) is 4.17. The fourth-order valence-corrected chi connectivity index (χ4v) is 2.97. The van der Waals surface area contributed by atoms with Gasteiger partial charge in [0.1, 0.15) is 23.0 Å². The van der Waals surface area contributed by atoms with Crippen LogP contribution in [0.25, 0.3) is 10.9 Å². The number of hydrogen-bond donors (Lipinski definition) is 1. The summed E-state index contributed by atoms with van der Waals surface area (Å²) in [5, 5.41) is 5.37. The van der Waals surface area contributed by atoms with Gasteiger partial charge >= 0.3 is 0 Å². The van der Waals surface area contributed by atoms with E-state index in [9.17, 15) is 0 Å². The number of halogens is 2. The van der Waals surface area contributed by atoms with Crippen LogP contribution in [0.5, 0.6) is 5.75 Å². The zero-order valence-corrected chi connectivity index (χ0v) is 14.3. The highest BCUT2D eigenvalue weighted by molar-refractivity contribution is 6.31. The number of ether oxygens (including phenoxy) is 1. The topological polar surface area (TPSA) is 52.0 Å². The maximum absolute atomic E-state index is 6.19. The largest absolute Gasteiger partial charge is 0.496 e. The molecule has 0 spiro atoms. The van der Waals surface area contributed by atoms with Gasteiger partial charge in [-0.3, -0.25) is 0 Å². The number of aryl methyl sites for hydroxylation is 1. The van der Waals surface area contributed by atoms with Crippen LogP contribution >= 0.6 is 23.2 Å². The molecule has 2 heterocycles. The van der Waals surface area contributed by atoms with Crippen LogP contribution in [0.15, 0.2) is 30.6 Å². The molecule has 2 aromatic heterocycles. The summed E-state index contributed by atoms with van der Waals surface area (Å²) < 4.78 is 7.61. The Bertz CT molecular complexity index is 847. The summed E-state index contributed by atoms with van der Waals surface area (Å²) in [5.41, 5.74) is 2.19. The lowest BCUT2D eigenvalue weighted by Crippen LogP contribution is -2.12. The first kappa shape index (κ1) is 15.9. The Morgan fingerprint density at radius 1 is 1.17 bits per heavy atom. The van der Waals surface area contributed by atoms with Gasteiger partial charge < -0.3 is 14.6 Å². The minimum absolute atomic E-state index is 0.418. The average Bonchev–Trinajstić information content (AvgIpc) is 2.83. The summed E-state index contributed by atoms with van der Waals surface area (Å²) in [5.74, 6) is 1.49. The molecule has 5 nitrogen and oxygen atoms in total. The summed E-state index contributed by atoms with van der Waals surface area (Å²) in [6.07, 6.45) is 1.44. The first-order chi connectivity index (χ1) is 11.1. The van der Waals surface area contributed by atoms with Gasteiger partial charge in [0.25, 0.3) is 0 Å². The van der Waals surface area contributed by atoms with E-state index in [1.165, 1.54) is 6.33 Å². The van der Waals surface area contributed by atoms with E-state index in [0.717, 1.165) is 28.9 Å². The molecule has 0 saturated carbocycles. The second kappa shape index (κ2) is 6.64. The van der Waals surface area contributed by atoms with Crippen LogP contribution in [0.4, 0.5) is 5.82 Å². The minimum atomic E-state index is 0.418. The van der Waals surface area contributed by atoms with Crippen molar-refractivity contribution in [3.8, 4) is 5.75 Å². The van der Waals surface area contributed by atoms with Gasteiger partial charge in [0.2, 0.25) is 0 Å². The standard InChI is InChI=1S/C16H16Cl2N4O/c1-10-5-12-13(6-11(17)7-14(12)23-2)22(10)4-3-19-16-8-15(18)20-9-21-16/h5-9H,3-4H2,1-2H3,(H,19,20,21). The van der Waals surface area contributed by atoms with Gasteiger partial charge in [-0.25, -0.2) is 9.97 Å². The molecule has 0 aliphatic carbocycles. The van der Waals surface area contributed by atoms with E-state index in [1.54, 1.807) is 13.2 Å². The molecule has 3 aromatic rings. The average molecular weight is 351 g/mol. The molecule has 0 amide bonds. The smallest absolute Gasteiger partial charge is 0.134 e. The van der Waals surface area contributed by atoms with E-state index < -0.39 is 0 Å². The lowest BCUT2D eigenvalue weighted by molar-refractivity contribution is 0.420. The molecule has 0 radical (unpaired) electrons. The number of aromatic nitrogens is 3. The molecule has 0 unspecified atom stereocenters. The molecular formula is C16H16Cl2N4O. The lowest BCUT2D eigenvalue weighted by atomic mass is 10.2. The molecule has 1 N–H and O–H groups in total. The quantitative estimate of drug-likeness (QED) is 0.701. The van der Waals surface area contributed by atoms with Crippen molar-refractivity contribution in [2.75, 3.05) is 19.0 Å². The highest BCUT2D eigenvalue weighted by atomic mass is 35.5. The van der Waals surface area contributed by atoms with E-state index in [0.29, 0.717) is 22.5 Å². The van der Waals surface area contributed by atoms with Crippen LogP contribution in [-0.4, -0.2) is 28.2 Å². The van der Waals surface area contributed by atoms with Gasteiger partial charge in [0.05, 0.1) is 12.6 Å². The molecule has 0 atom stereocenters. The van der Waals surface area contributed by atoms with Gasteiger partial charge in [0.15, 0.2) is 0 Å². The molecule has 7 heteroatoms. The predicted molar refractivity (Wildman–Crippen MR) is 93.8 cm³/mol. The van der Waals surface area contributed by atoms with Crippen molar-refractivity contribution >= 4 is 39.9 Å². The van der Waals surface area contributed by atoms with E-state index in [1.807, 2.05) is 12.1 Å². The third kappa shape index (κ3) is 3.35.